The third-order valence-corrected chi connectivity index (χ3v) is 7.53. The molecule has 0 radical (unpaired) electrons. The van der Waals surface area contributed by atoms with E-state index in [1.54, 1.807) is 6.20 Å². The second kappa shape index (κ2) is 10.2. The van der Waals surface area contributed by atoms with Gasteiger partial charge in [0, 0.05) is 29.0 Å². The molecule has 5 rings (SSSR count). The van der Waals surface area contributed by atoms with Crippen molar-refractivity contribution in [1.82, 2.24) is 19.8 Å². The van der Waals surface area contributed by atoms with Crippen LogP contribution in [0.3, 0.4) is 0 Å². The second-order valence-corrected chi connectivity index (χ2v) is 9.94. The summed E-state index contributed by atoms with van der Waals surface area (Å²) < 4.78 is 2.30. The Balaban J connectivity index is 1.56. The maximum Gasteiger partial charge on any atom is 0.244 e. The molecule has 2 aromatic carbocycles. The van der Waals surface area contributed by atoms with Crippen LogP contribution in [0.5, 0.6) is 0 Å². The number of hydrogen-bond acceptors (Lipinski definition) is 3. The van der Waals surface area contributed by atoms with E-state index >= 15 is 0 Å². The highest BCUT2D eigenvalue weighted by molar-refractivity contribution is 7.80. The largest absolute Gasteiger partial charge is 0.352 e. The first-order chi connectivity index (χ1) is 17.8. The Morgan fingerprint density at radius 3 is 2.49 bits per heavy atom. The summed E-state index contributed by atoms with van der Waals surface area (Å²) in [5.74, 6) is -0.120. The first kappa shape index (κ1) is 24.7. The van der Waals surface area contributed by atoms with Gasteiger partial charge in [0.2, 0.25) is 5.91 Å². The maximum atomic E-state index is 13.1. The number of pyridine rings is 1. The molecule has 3 heterocycles. The van der Waals surface area contributed by atoms with Crippen LogP contribution in [-0.2, 0) is 4.79 Å². The van der Waals surface area contributed by atoms with Gasteiger partial charge in [-0.25, -0.2) is 0 Å². The number of nitrogens with zero attached hydrogens (tertiary/aromatic N) is 3. The highest BCUT2D eigenvalue weighted by Gasteiger charge is 2.42. The van der Waals surface area contributed by atoms with E-state index in [9.17, 15) is 4.79 Å². The normalized spacial score (nSPS) is 17.1. The predicted octanol–water partition coefficient (Wildman–Crippen LogP) is 5.72. The summed E-state index contributed by atoms with van der Waals surface area (Å²) in [5, 5.41) is 7.00. The average Bonchev–Trinajstić information content (AvgIpc) is 3.36. The molecule has 1 fully saturated rings. The van der Waals surface area contributed by atoms with E-state index in [0.29, 0.717) is 5.11 Å². The third-order valence-electron chi connectivity index (χ3n) is 7.18. The van der Waals surface area contributed by atoms with E-state index in [1.165, 1.54) is 11.1 Å². The molecule has 0 saturated carbocycles. The van der Waals surface area contributed by atoms with E-state index in [1.807, 2.05) is 53.4 Å². The van der Waals surface area contributed by atoms with Crippen molar-refractivity contribution < 1.29 is 4.79 Å². The summed E-state index contributed by atoms with van der Waals surface area (Å²) in [7, 11) is 0. The third kappa shape index (κ3) is 4.74. The zero-order valence-electron chi connectivity index (χ0n) is 21.5. The highest BCUT2D eigenvalue weighted by atomic mass is 32.1. The molecule has 2 N–H and O–H groups in total. The number of aryl methyl sites for hydroxylation is 2. The number of carbonyl (C=O) groups excluding carboxylic acids is 1. The van der Waals surface area contributed by atoms with Crippen molar-refractivity contribution in [2.75, 3.05) is 11.9 Å². The number of amides is 1. The first-order valence-electron chi connectivity index (χ1n) is 12.4. The number of para-hydroxylation sites is 1. The molecule has 0 bridgehead atoms. The average molecular weight is 510 g/mol. The zero-order valence-corrected chi connectivity index (χ0v) is 22.3. The molecular weight excluding hydrogens is 478 g/mol. The summed E-state index contributed by atoms with van der Waals surface area (Å²) >= 11 is 5.79. The molecule has 2 atom stereocenters. The lowest BCUT2D eigenvalue weighted by Crippen LogP contribution is -2.37. The molecule has 1 aliphatic heterocycles. The number of aromatic nitrogens is 2. The Kier molecular flexibility index (Phi) is 6.80. The minimum atomic E-state index is -0.200. The lowest BCUT2D eigenvalue weighted by Gasteiger charge is -2.27. The van der Waals surface area contributed by atoms with Crippen molar-refractivity contribution in [2.24, 2.45) is 0 Å². The standard InChI is InChI=1S/C30H31N5OS/c1-19-11-10-15-26(21(19)3)35-20(2)17-24(22(35)4)29-28(25-14-8-9-16-31-25)33-30(37)34(29)18-27(36)32-23-12-6-5-7-13-23/h5-17,28-29H,18H2,1-4H3,(H,32,36)(H,33,37)/t28-,29-/m0/s1. The number of carbonyl (C=O) groups is 1. The van der Waals surface area contributed by atoms with E-state index in [-0.39, 0.29) is 24.5 Å². The molecule has 7 heteroatoms. The molecule has 0 aliphatic carbocycles. The van der Waals surface area contributed by atoms with Gasteiger partial charge >= 0.3 is 0 Å². The molecule has 37 heavy (non-hydrogen) atoms. The molecule has 4 aromatic rings. The predicted molar refractivity (Wildman–Crippen MR) is 152 cm³/mol. The molecule has 2 aromatic heterocycles. The van der Waals surface area contributed by atoms with E-state index in [4.69, 9.17) is 12.2 Å². The van der Waals surface area contributed by atoms with E-state index < -0.39 is 0 Å². The van der Waals surface area contributed by atoms with Gasteiger partial charge in [0.05, 0.1) is 17.8 Å². The van der Waals surface area contributed by atoms with Crippen molar-refractivity contribution in [3.63, 3.8) is 0 Å². The topological polar surface area (TPSA) is 62.2 Å². The van der Waals surface area contributed by atoms with Crippen LogP contribution in [0.15, 0.2) is 79.0 Å². The quantitative estimate of drug-likeness (QED) is 0.326. The minimum absolute atomic E-state index is 0.120. The Hall–Kier alpha value is -3.97. The van der Waals surface area contributed by atoms with Crippen LogP contribution < -0.4 is 10.6 Å². The van der Waals surface area contributed by atoms with Crippen molar-refractivity contribution in [2.45, 2.75) is 39.8 Å². The van der Waals surface area contributed by atoms with Crippen LogP contribution >= 0.6 is 12.2 Å². The van der Waals surface area contributed by atoms with Gasteiger partial charge < -0.3 is 20.1 Å². The van der Waals surface area contributed by atoms with Crippen LogP contribution in [-0.4, -0.2) is 32.0 Å². The smallest absolute Gasteiger partial charge is 0.244 e. The Labute approximate surface area is 223 Å². The fraction of sp³-hybridized carbons (Fsp3) is 0.233. The van der Waals surface area contributed by atoms with Crippen molar-refractivity contribution in [3.8, 4) is 5.69 Å². The van der Waals surface area contributed by atoms with Crippen molar-refractivity contribution >= 4 is 28.9 Å². The van der Waals surface area contributed by atoms with E-state index in [2.05, 4.69) is 72.1 Å². The number of benzene rings is 2. The summed E-state index contributed by atoms with van der Waals surface area (Å²) in [6.07, 6.45) is 1.79. The number of hydrogen-bond donors (Lipinski definition) is 2. The molecular formula is C30H31N5OS. The molecule has 1 aliphatic rings. The molecule has 188 valence electrons. The molecule has 0 spiro atoms. The molecule has 0 unspecified atom stereocenters. The number of rotatable bonds is 6. The Morgan fingerprint density at radius 2 is 1.76 bits per heavy atom. The lowest BCUT2D eigenvalue weighted by atomic mass is 9.96. The summed E-state index contributed by atoms with van der Waals surface area (Å²) in [5.41, 5.74) is 8.68. The monoisotopic (exact) mass is 509 g/mol. The highest BCUT2D eigenvalue weighted by Crippen LogP contribution is 2.41. The van der Waals surface area contributed by atoms with Crippen LogP contribution in [0.4, 0.5) is 5.69 Å². The summed E-state index contributed by atoms with van der Waals surface area (Å²) in [6, 6.07) is 23.6. The Bertz CT molecular complexity index is 1450. The van der Waals surface area contributed by atoms with Crippen LogP contribution in [0.1, 0.15) is 45.9 Å². The lowest BCUT2D eigenvalue weighted by molar-refractivity contribution is -0.116. The molecule has 6 nitrogen and oxygen atoms in total. The van der Waals surface area contributed by atoms with Gasteiger partial charge in [0.25, 0.3) is 0 Å². The number of nitrogens with one attached hydrogen (secondary N) is 2. The maximum absolute atomic E-state index is 13.1. The van der Waals surface area contributed by atoms with Gasteiger partial charge in [-0.3, -0.25) is 9.78 Å². The number of anilines is 1. The van der Waals surface area contributed by atoms with Crippen molar-refractivity contribution in [3.05, 3.63) is 113 Å². The van der Waals surface area contributed by atoms with Gasteiger partial charge in [0.15, 0.2) is 5.11 Å². The van der Waals surface area contributed by atoms with Gasteiger partial charge in [-0.2, -0.15) is 0 Å². The number of thiocarbonyl (C=S) groups is 1. The Morgan fingerprint density at radius 1 is 1.00 bits per heavy atom. The van der Waals surface area contributed by atoms with Gasteiger partial charge in [-0.15, -0.1) is 0 Å². The van der Waals surface area contributed by atoms with Gasteiger partial charge in [0.1, 0.15) is 6.54 Å². The fourth-order valence-electron chi connectivity index (χ4n) is 5.23. The first-order valence-corrected chi connectivity index (χ1v) is 12.8. The van der Waals surface area contributed by atoms with Gasteiger partial charge in [-0.1, -0.05) is 36.4 Å². The summed E-state index contributed by atoms with van der Waals surface area (Å²) in [4.78, 5) is 19.8. The van der Waals surface area contributed by atoms with E-state index in [0.717, 1.165) is 34.0 Å². The zero-order chi connectivity index (χ0) is 26.1. The molecule has 1 amide bonds. The summed E-state index contributed by atoms with van der Waals surface area (Å²) in [6.45, 7) is 8.69. The second-order valence-electron chi connectivity index (χ2n) is 9.55. The van der Waals surface area contributed by atoms with Crippen LogP contribution in [0, 0.1) is 27.7 Å². The SMILES string of the molecule is Cc1cccc(-n2c(C)cc([C@H]3[C@H](c4ccccn4)NC(=S)N3CC(=O)Nc3ccccc3)c2C)c1C. The minimum Gasteiger partial charge on any atom is -0.352 e. The van der Waals surface area contributed by atoms with Crippen LogP contribution in [0.2, 0.25) is 0 Å². The van der Waals surface area contributed by atoms with Gasteiger partial charge in [-0.05, 0) is 93.0 Å². The van der Waals surface area contributed by atoms with Crippen LogP contribution in [0.25, 0.3) is 5.69 Å². The van der Waals surface area contributed by atoms with Crippen molar-refractivity contribution in [1.29, 1.82) is 0 Å². The fourth-order valence-corrected chi connectivity index (χ4v) is 5.53. The molecule has 1 saturated heterocycles.